The SMILES string of the molecule is CC(C)(C)OC(=O)n1c2c(c3ccccc31)C[C@@](N)(C(=O)O)CC2. The van der Waals surface area contributed by atoms with Crippen LogP contribution in [0, 0.1) is 0 Å². The van der Waals surface area contributed by atoms with Gasteiger partial charge < -0.3 is 15.6 Å². The molecule has 1 atom stereocenters. The number of para-hydroxylation sites is 1. The highest BCUT2D eigenvalue weighted by Gasteiger charge is 2.41. The Kier molecular flexibility index (Phi) is 3.68. The predicted molar refractivity (Wildman–Crippen MR) is 90.1 cm³/mol. The molecule has 6 nitrogen and oxygen atoms in total. The second kappa shape index (κ2) is 5.34. The lowest BCUT2D eigenvalue weighted by Crippen LogP contribution is -2.52. The molecular weight excluding hydrogens is 308 g/mol. The quantitative estimate of drug-likeness (QED) is 0.838. The summed E-state index contributed by atoms with van der Waals surface area (Å²) in [4.78, 5) is 24.2. The summed E-state index contributed by atoms with van der Waals surface area (Å²) in [6.07, 6.45) is 0.467. The monoisotopic (exact) mass is 330 g/mol. The maximum atomic E-state index is 12.7. The lowest BCUT2D eigenvalue weighted by molar-refractivity contribution is -0.143. The Morgan fingerprint density at radius 2 is 1.96 bits per heavy atom. The molecule has 0 fully saturated rings. The fourth-order valence-corrected chi connectivity index (χ4v) is 3.26. The molecule has 0 saturated carbocycles. The highest BCUT2D eigenvalue weighted by atomic mass is 16.6. The van der Waals surface area contributed by atoms with Crippen molar-refractivity contribution in [1.82, 2.24) is 4.57 Å². The number of hydrogen-bond acceptors (Lipinski definition) is 4. The molecule has 1 heterocycles. The normalized spacial score (nSPS) is 20.7. The van der Waals surface area contributed by atoms with Gasteiger partial charge in [0.1, 0.15) is 11.1 Å². The first-order valence-corrected chi connectivity index (χ1v) is 7.99. The van der Waals surface area contributed by atoms with Gasteiger partial charge in [0.15, 0.2) is 0 Å². The molecule has 1 aliphatic rings. The van der Waals surface area contributed by atoms with Crippen LogP contribution in [0.2, 0.25) is 0 Å². The zero-order valence-corrected chi connectivity index (χ0v) is 14.1. The maximum Gasteiger partial charge on any atom is 0.419 e. The summed E-state index contributed by atoms with van der Waals surface area (Å²) >= 11 is 0. The summed E-state index contributed by atoms with van der Waals surface area (Å²) in [7, 11) is 0. The molecule has 1 aromatic carbocycles. The number of carboxylic acids is 1. The average Bonchev–Trinajstić information content (AvgIpc) is 2.79. The van der Waals surface area contributed by atoms with Crippen molar-refractivity contribution in [3.05, 3.63) is 35.5 Å². The van der Waals surface area contributed by atoms with E-state index in [1.807, 2.05) is 45.0 Å². The fraction of sp³-hybridized carbons (Fsp3) is 0.444. The Balaban J connectivity index is 2.16. The molecule has 3 N–H and O–H groups in total. The van der Waals surface area contributed by atoms with Gasteiger partial charge in [0.05, 0.1) is 5.52 Å². The zero-order chi connectivity index (χ0) is 17.7. The summed E-state index contributed by atoms with van der Waals surface area (Å²) in [5.74, 6) is -1.01. The van der Waals surface area contributed by atoms with Gasteiger partial charge in [-0.3, -0.25) is 4.79 Å². The van der Waals surface area contributed by atoms with E-state index in [9.17, 15) is 14.7 Å². The first-order valence-electron chi connectivity index (χ1n) is 7.99. The molecule has 1 aliphatic carbocycles. The van der Waals surface area contributed by atoms with Gasteiger partial charge in [-0.15, -0.1) is 0 Å². The summed E-state index contributed by atoms with van der Waals surface area (Å²) in [5.41, 5.74) is 6.52. The number of ether oxygens (including phenoxy) is 1. The number of nitrogens with zero attached hydrogens (tertiary/aromatic N) is 1. The molecule has 24 heavy (non-hydrogen) atoms. The van der Waals surface area contributed by atoms with Crippen LogP contribution in [0.3, 0.4) is 0 Å². The van der Waals surface area contributed by atoms with E-state index < -0.39 is 23.2 Å². The number of aliphatic carboxylic acids is 1. The number of benzene rings is 1. The molecule has 0 saturated heterocycles. The third-order valence-electron chi connectivity index (χ3n) is 4.39. The smallest absolute Gasteiger partial charge is 0.419 e. The van der Waals surface area contributed by atoms with E-state index in [1.165, 1.54) is 0 Å². The Morgan fingerprint density at radius 3 is 2.58 bits per heavy atom. The van der Waals surface area contributed by atoms with Crippen molar-refractivity contribution in [2.45, 2.75) is 51.2 Å². The van der Waals surface area contributed by atoms with E-state index >= 15 is 0 Å². The van der Waals surface area contributed by atoms with Crippen LogP contribution in [0.5, 0.6) is 0 Å². The van der Waals surface area contributed by atoms with Crippen LogP contribution in [-0.2, 0) is 22.4 Å². The summed E-state index contributed by atoms with van der Waals surface area (Å²) in [6.45, 7) is 5.45. The number of aromatic nitrogens is 1. The molecular formula is C18H22N2O4. The van der Waals surface area contributed by atoms with E-state index in [2.05, 4.69) is 0 Å². The summed E-state index contributed by atoms with van der Waals surface area (Å²) in [6, 6.07) is 7.45. The number of fused-ring (bicyclic) bond motifs is 3. The molecule has 3 rings (SSSR count). The second-order valence-electron chi connectivity index (χ2n) is 7.40. The first-order chi connectivity index (χ1) is 11.1. The largest absolute Gasteiger partial charge is 0.480 e. The lowest BCUT2D eigenvalue weighted by atomic mass is 9.80. The molecule has 1 aromatic heterocycles. The summed E-state index contributed by atoms with van der Waals surface area (Å²) < 4.78 is 7.10. The van der Waals surface area contributed by atoms with Crippen molar-refractivity contribution >= 4 is 23.0 Å². The second-order valence-corrected chi connectivity index (χ2v) is 7.40. The fourth-order valence-electron chi connectivity index (χ4n) is 3.26. The van der Waals surface area contributed by atoms with Gasteiger partial charge in [-0.1, -0.05) is 18.2 Å². The Labute approximate surface area is 140 Å². The van der Waals surface area contributed by atoms with Gasteiger partial charge >= 0.3 is 12.1 Å². The number of carbonyl (C=O) groups excluding carboxylic acids is 1. The topological polar surface area (TPSA) is 94.5 Å². The average molecular weight is 330 g/mol. The molecule has 0 radical (unpaired) electrons. The van der Waals surface area contributed by atoms with E-state index in [0.717, 1.165) is 22.2 Å². The first kappa shape index (κ1) is 16.5. The Hall–Kier alpha value is -2.34. The van der Waals surface area contributed by atoms with Gasteiger partial charge in [-0.2, -0.15) is 0 Å². The van der Waals surface area contributed by atoms with Crippen LogP contribution >= 0.6 is 0 Å². The molecule has 128 valence electrons. The van der Waals surface area contributed by atoms with E-state index in [-0.39, 0.29) is 12.8 Å². The van der Waals surface area contributed by atoms with Crippen molar-refractivity contribution in [3.8, 4) is 0 Å². The molecule has 6 heteroatoms. The Morgan fingerprint density at radius 1 is 1.29 bits per heavy atom. The number of nitrogens with two attached hydrogens (primary N) is 1. The molecule has 2 aromatic rings. The number of carbonyl (C=O) groups is 2. The van der Waals surface area contributed by atoms with Crippen LogP contribution in [0.15, 0.2) is 24.3 Å². The third kappa shape index (κ3) is 2.67. The van der Waals surface area contributed by atoms with Gasteiger partial charge in [-0.05, 0) is 45.2 Å². The summed E-state index contributed by atoms with van der Waals surface area (Å²) in [5, 5.41) is 10.3. The highest BCUT2D eigenvalue weighted by Crippen LogP contribution is 2.35. The third-order valence-corrected chi connectivity index (χ3v) is 4.39. The van der Waals surface area contributed by atoms with Crippen molar-refractivity contribution in [2.24, 2.45) is 5.73 Å². The van der Waals surface area contributed by atoms with Crippen molar-refractivity contribution in [2.75, 3.05) is 0 Å². The number of carboxylic acid groups (broad SMARTS) is 1. The maximum absolute atomic E-state index is 12.7. The molecule has 0 aliphatic heterocycles. The number of hydrogen-bond donors (Lipinski definition) is 2. The zero-order valence-electron chi connectivity index (χ0n) is 14.1. The minimum Gasteiger partial charge on any atom is -0.480 e. The van der Waals surface area contributed by atoms with Gasteiger partial charge in [-0.25, -0.2) is 9.36 Å². The van der Waals surface area contributed by atoms with Crippen LogP contribution < -0.4 is 5.73 Å². The van der Waals surface area contributed by atoms with Gasteiger partial charge in [0.2, 0.25) is 0 Å². The molecule has 0 bridgehead atoms. The van der Waals surface area contributed by atoms with E-state index in [1.54, 1.807) is 4.57 Å². The molecule has 0 unspecified atom stereocenters. The lowest BCUT2D eigenvalue weighted by Gasteiger charge is -2.30. The van der Waals surface area contributed by atoms with Crippen molar-refractivity contribution in [3.63, 3.8) is 0 Å². The number of rotatable bonds is 1. The van der Waals surface area contributed by atoms with E-state index in [0.29, 0.717) is 6.42 Å². The van der Waals surface area contributed by atoms with Crippen molar-refractivity contribution in [1.29, 1.82) is 0 Å². The van der Waals surface area contributed by atoms with E-state index in [4.69, 9.17) is 10.5 Å². The molecule has 0 spiro atoms. The van der Waals surface area contributed by atoms with Gasteiger partial charge in [0, 0.05) is 17.5 Å². The minimum atomic E-state index is -1.30. The molecule has 0 amide bonds. The van der Waals surface area contributed by atoms with Crippen molar-refractivity contribution < 1.29 is 19.4 Å². The predicted octanol–water partition coefficient (Wildman–Crippen LogP) is 2.70. The standard InChI is InChI=1S/C18H22N2O4/c1-17(2,3)24-16(23)20-13-7-5-4-6-11(13)12-10-18(19,15(21)22)9-8-14(12)20/h4-7H,8-10,19H2,1-3H3,(H,21,22)/t18-/m1/s1. The van der Waals surface area contributed by atoms with Crippen LogP contribution in [0.25, 0.3) is 10.9 Å². The van der Waals surface area contributed by atoms with Crippen LogP contribution in [-0.4, -0.2) is 32.9 Å². The minimum absolute atomic E-state index is 0.202. The van der Waals surface area contributed by atoms with Crippen LogP contribution in [0.4, 0.5) is 4.79 Å². The highest BCUT2D eigenvalue weighted by molar-refractivity contribution is 5.95. The van der Waals surface area contributed by atoms with Gasteiger partial charge in [0.25, 0.3) is 0 Å². The van der Waals surface area contributed by atoms with Crippen LogP contribution in [0.1, 0.15) is 38.4 Å². The Bertz CT molecular complexity index is 831.